The van der Waals surface area contributed by atoms with Crippen LogP contribution in [0.1, 0.15) is 31.4 Å². The molecular formula is C22H21N3O2S. The van der Waals surface area contributed by atoms with Gasteiger partial charge in [0.2, 0.25) is 4.96 Å². The minimum atomic E-state index is -0.138. The van der Waals surface area contributed by atoms with E-state index in [-0.39, 0.29) is 5.56 Å². The van der Waals surface area contributed by atoms with Crippen molar-refractivity contribution in [2.24, 2.45) is 0 Å². The molecule has 4 aromatic rings. The molecule has 142 valence electrons. The van der Waals surface area contributed by atoms with Crippen LogP contribution in [0.2, 0.25) is 0 Å². The Morgan fingerprint density at radius 2 is 1.82 bits per heavy atom. The number of aryl methyl sites for hydroxylation is 1. The minimum Gasteiger partial charge on any atom is -0.494 e. The Kier molecular flexibility index (Phi) is 5.21. The van der Waals surface area contributed by atoms with Crippen LogP contribution in [0, 0.1) is 0 Å². The molecule has 2 aromatic heterocycles. The van der Waals surface area contributed by atoms with Crippen LogP contribution in [-0.4, -0.2) is 21.2 Å². The third-order valence-electron chi connectivity index (χ3n) is 4.45. The van der Waals surface area contributed by atoms with Crippen LogP contribution in [0.25, 0.3) is 22.4 Å². The Morgan fingerprint density at radius 1 is 1.07 bits per heavy atom. The van der Waals surface area contributed by atoms with E-state index in [9.17, 15) is 4.79 Å². The molecule has 2 aromatic carbocycles. The van der Waals surface area contributed by atoms with Crippen LogP contribution < -0.4 is 14.8 Å². The summed E-state index contributed by atoms with van der Waals surface area (Å²) in [6.45, 7) is 4.89. The maximum Gasteiger partial charge on any atom is 0.291 e. The van der Waals surface area contributed by atoms with Crippen LogP contribution in [0.5, 0.6) is 5.75 Å². The average Bonchev–Trinajstić information content (AvgIpc) is 3.27. The highest BCUT2D eigenvalue weighted by atomic mass is 32.1. The van der Waals surface area contributed by atoms with E-state index in [0.29, 0.717) is 21.9 Å². The van der Waals surface area contributed by atoms with Gasteiger partial charge in [-0.2, -0.15) is 9.50 Å². The maximum atomic E-state index is 12.7. The van der Waals surface area contributed by atoms with Gasteiger partial charge in [-0.3, -0.25) is 4.79 Å². The van der Waals surface area contributed by atoms with E-state index >= 15 is 0 Å². The molecule has 0 unspecified atom stereocenters. The SMILES string of the molecule is CCCOc1ccc(-c2nc3s/c(=C/c4ccc(CC)cc4)c(=O)n3n2)cc1. The lowest BCUT2D eigenvalue weighted by Crippen LogP contribution is -2.23. The lowest BCUT2D eigenvalue weighted by molar-refractivity contribution is 0.317. The predicted octanol–water partition coefficient (Wildman–Crippen LogP) is 3.72. The summed E-state index contributed by atoms with van der Waals surface area (Å²) in [5.41, 5.74) is 3.00. The van der Waals surface area contributed by atoms with Crippen molar-refractivity contribution in [2.45, 2.75) is 26.7 Å². The highest BCUT2D eigenvalue weighted by molar-refractivity contribution is 7.15. The Balaban J connectivity index is 1.64. The van der Waals surface area contributed by atoms with Crippen molar-refractivity contribution in [1.29, 1.82) is 0 Å². The molecule has 0 bridgehead atoms. The second-order valence-electron chi connectivity index (χ2n) is 6.51. The second kappa shape index (κ2) is 7.94. The number of hydrogen-bond donors (Lipinski definition) is 0. The molecule has 0 radical (unpaired) electrons. The second-order valence-corrected chi connectivity index (χ2v) is 7.52. The topological polar surface area (TPSA) is 56.5 Å². The van der Waals surface area contributed by atoms with Gasteiger partial charge in [-0.05, 0) is 54.3 Å². The Hall–Kier alpha value is -2.99. The van der Waals surface area contributed by atoms with Gasteiger partial charge in [0.25, 0.3) is 5.56 Å². The van der Waals surface area contributed by atoms with Crippen molar-refractivity contribution in [3.63, 3.8) is 0 Å². The molecule has 0 saturated carbocycles. The van der Waals surface area contributed by atoms with Crippen molar-refractivity contribution >= 4 is 22.4 Å². The van der Waals surface area contributed by atoms with E-state index in [4.69, 9.17) is 4.74 Å². The summed E-state index contributed by atoms with van der Waals surface area (Å²) in [6, 6.07) is 15.9. The van der Waals surface area contributed by atoms with E-state index in [1.807, 2.05) is 42.5 Å². The van der Waals surface area contributed by atoms with E-state index in [1.54, 1.807) is 0 Å². The van der Waals surface area contributed by atoms with Crippen LogP contribution in [-0.2, 0) is 6.42 Å². The first-order valence-electron chi connectivity index (χ1n) is 9.41. The summed E-state index contributed by atoms with van der Waals surface area (Å²) >= 11 is 1.36. The first kappa shape index (κ1) is 18.4. The largest absolute Gasteiger partial charge is 0.494 e. The number of aromatic nitrogens is 3. The molecule has 0 atom stereocenters. The third kappa shape index (κ3) is 3.68. The van der Waals surface area contributed by atoms with E-state index in [1.165, 1.54) is 21.4 Å². The minimum absolute atomic E-state index is 0.138. The normalized spacial score (nSPS) is 12.0. The molecule has 0 N–H and O–H groups in total. The van der Waals surface area contributed by atoms with Crippen molar-refractivity contribution in [1.82, 2.24) is 14.6 Å². The number of hydrogen-bond acceptors (Lipinski definition) is 5. The Bertz CT molecular complexity index is 1190. The monoisotopic (exact) mass is 391 g/mol. The summed E-state index contributed by atoms with van der Waals surface area (Å²) in [5.74, 6) is 1.37. The lowest BCUT2D eigenvalue weighted by atomic mass is 10.1. The summed E-state index contributed by atoms with van der Waals surface area (Å²) in [6.07, 6.45) is 3.86. The molecular weight excluding hydrogens is 370 g/mol. The third-order valence-corrected chi connectivity index (χ3v) is 5.41. The fourth-order valence-corrected chi connectivity index (χ4v) is 3.78. The van der Waals surface area contributed by atoms with Gasteiger partial charge in [0, 0.05) is 5.56 Å². The molecule has 5 nitrogen and oxygen atoms in total. The fraction of sp³-hybridized carbons (Fsp3) is 0.227. The zero-order valence-electron chi connectivity index (χ0n) is 15.9. The van der Waals surface area contributed by atoms with Gasteiger partial charge in [-0.1, -0.05) is 49.4 Å². The summed E-state index contributed by atoms with van der Waals surface area (Å²) in [7, 11) is 0. The van der Waals surface area contributed by atoms with Gasteiger partial charge in [-0.25, -0.2) is 0 Å². The van der Waals surface area contributed by atoms with Gasteiger partial charge in [0.05, 0.1) is 11.1 Å². The fourth-order valence-electron chi connectivity index (χ4n) is 2.88. The standard InChI is InChI=1S/C22H21N3O2S/c1-3-13-27-18-11-9-17(10-12-18)20-23-22-25(24-20)21(26)19(28-22)14-16-7-5-15(4-2)6-8-16/h5-12,14H,3-4,13H2,1-2H3/b19-14+. The van der Waals surface area contributed by atoms with E-state index in [0.717, 1.165) is 29.7 Å². The summed E-state index contributed by atoms with van der Waals surface area (Å²) < 4.78 is 7.61. The molecule has 0 aliphatic carbocycles. The highest BCUT2D eigenvalue weighted by Gasteiger charge is 2.12. The zero-order valence-corrected chi connectivity index (χ0v) is 16.7. The first-order valence-corrected chi connectivity index (χ1v) is 10.2. The molecule has 0 saturated heterocycles. The Morgan fingerprint density at radius 3 is 2.46 bits per heavy atom. The molecule has 0 amide bonds. The number of rotatable bonds is 6. The molecule has 0 fully saturated rings. The van der Waals surface area contributed by atoms with Gasteiger partial charge in [-0.15, -0.1) is 5.10 Å². The number of fused-ring (bicyclic) bond motifs is 1. The van der Waals surface area contributed by atoms with Crippen LogP contribution in [0.3, 0.4) is 0 Å². The van der Waals surface area contributed by atoms with Crippen molar-refractivity contribution in [2.75, 3.05) is 6.61 Å². The van der Waals surface area contributed by atoms with Crippen LogP contribution >= 0.6 is 11.3 Å². The quantitative estimate of drug-likeness (QED) is 0.503. The molecule has 0 aliphatic heterocycles. The molecule has 2 heterocycles. The van der Waals surface area contributed by atoms with Crippen molar-refractivity contribution in [3.8, 4) is 17.1 Å². The first-order chi connectivity index (χ1) is 13.7. The van der Waals surface area contributed by atoms with Gasteiger partial charge >= 0.3 is 0 Å². The lowest BCUT2D eigenvalue weighted by Gasteiger charge is -2.04. The summed E-state index contributed by atoms with van der Waals surface area (Å²) in [4.78, 5) is 17.8. The summed E-state index contributed by atoms with van der Waals surface area (Å²) in [5, 5.41) is 4.41. The van der Waals surface area contributed by atoms with Crippen molar-refractivity contribution < 1.29 is 4.74 Å². The van der Waals surface area contributed by atoms with Crippen LogP contribution in [0.15, 0.2) is 53.3 Å². The van der Waals surface area contributed by atoms with E-state index < -0.39 is 0 Å². The molecule has 28 heavy (non-hydrogen) atoms. The van der Waals surface area contributed by atoms with E-state index in [2.05, 4.69) is 36.1 Å². The predicted molar refractivity (Wildman–Crippen MR) is 113 cm³/mol. The highest BCUT2D eigenvalue weighted by Crippen LogP contribution is 2.20. The van der Waals surface area contributed by atoms with Crippen LogP contribution in [0.4, 0.5) is 0 Å². The molecule has 0 aliphatic rings. The van der Waals surface area contributed by atoms with Gasteiger partial charge in [0.1, 0.15) is 5.75 Å². The molecule has 0 spiro atoms. The number of nitrogens with zero attached hydrogens (tertiary/aromatic N) is 3. The number of ether oxygens (including phenoxy) is 1. The smallest absolute Gasteiger partial charge is 0.291 e. The number of benzene rings is 2. The maximum absolute atomic E-state index is 12.7. The van der Waals surface area contributed by atoms with Gasteiger partial charge < -0.3 is 4.74 Å². The Labute approximate surface area is 166 Å². The molecule has 4 rings (SSSR count). The van der Waals surface area contributed by atoms with Gasteiger partial charge in [0.15, 0.2) is 5.82 Å². The average molecular weight is 391 g/mol. The zero-order chi connectivity index (χ0) is 19.5. The van der Waals surface area contributed by atoms with Crippen molar-refractivity contribution in [3.05, 3.63) is 74.5 Å². The molecule has 6 heteroatoms. The number of thiazole rings is 1.